The number of hydrogen-bond donors (Lipinski definition) is 1. The van der Waals surface area contributed by atoms with E-state index in [1.54, 1.807) is 4.31 Å². The minimum Gasteiger partial charge on any atom is -0.199 e. The molecule has 3 fully saturated rings. The Balaban J connectivity index is 1.66. The van der Waals surface area contributed by atoms with Crippen LogP contribution in [0.2, 0.25) is 0 Å². The molecular formula is C12H22N2O2S. The molecule has 0 unspecified atom stereocenters. The minimum absolute atomic E-state index is 0.216. The van der Waals surface area contributed by atoms with Crippen molar-refractivity contribution in [1.29, 1.82) is 0 Å². The molecule has 0 aromatic carbocycles. The Labute approximate surface area is 104 Å². The Morgan fingerprint density at radius 2 is 1.71 bits per heavy atom. The fourth-order valence-corrected chi connectivity index (χ4v) is 5.47. The van der Waals surface area contributed by atoms with Crippen LogP contribution in [0, 0.1) is 11.8 Å². The van der Waals surface area contributed by atoms with E-state index in [1.165, 1.54) is 25.7 Å². The Hall–Kier alpha value is -0.130. The van der Waals surface area contributed by atoms with Gasteiger partial charge in [0.25, 0.3) is 10.2 Å². The van der Waals surface area contributed by atoms with Crippen LogP contribution in [0.3, 0.4) is 0 Å². The van der Waals surface area contributed by atoms with Gasteiger partial charge in [-0.3, -0.25) is 0 Å². The number of nitrogens with one attached hydrogen (secondary N) is 1. The Morgan fingerprint density at radius 1 is 0.941 bits per heavy atom. The lowest BCUT2D eigenvalue weighted by Gasteiger charge is -2.23. The van der Waals surface area contributed by atoms with Gasteiger partial charge in [0.1, 0.15) is 0 Å². The van der Waals surface area contributed by atoms with Gasteiger partial charge in [0.15, 0.2) is 0 Å². The third kappa shape index (κ3) is 2.25. The van der Waals surface area contributed by atoms with E-state index in [4.69, 9.17) is 0 Å². The highest BCUT2D eigenvalue weighted by atomic mass is 32.2. The quantitative estimate of drug-likeness (QED) is 0.834. The van der Waals surface area contributed by atoms with E-state index in [-0.39, 0.29) is 6.04 Å². The lowest BCUT2D eigenvalue weighted by atomic mass is 9.98. The molecule has 0 aromatic heterocycles. The summed E-state index contributed by atoms with van der Waals surface area (Å²) < 4.78 is 29.0. The van der Waals surface area contributed by atoms with Crippen molar-refractivity contribution in [3.63, 3.8) is 0 Å². The van der Waals surface area contributed by atoms with Gasteiger partial charge in [-0.05, 0) is 43.9 Å². The van der Waals surface area contributed by atoms with Crippen molar-refractivity contribution in [2.75, 3.05) is 13.1 Å². The molecule has 0 amide bonds. The van der Waals surface area contributed by atoms with E-state index in [2.05, 4.69) is 4.72 Å². The highest BCUT2D eigenvalue weighted by molar-refractivity contribution is 7.87. The maximum Gasteiger partial charge on any atom is 0.279 e. The average Bonchev–Trinajstić information content (AvgIpc) is 2.93. The Bertz CT molecular complexity index is 376. The third-order valence-corrected chi connectivity index (χ3v) is 6.43. The van der Waals surface area contributed by atoms with Crippen LogP contribution >= 0.6 is 0 Å². The van der Waals surface area contributed by atoms with Crippen molar-refractivity contribution in [2.24, 2.45) is 11.8 Å². The first-order valence-corrected chi connectivity index (χ1v) is 8.38. The minimum atomic E-state index is -3.20. The van der Waals surface area contributed by atoms with Crippen LogP contribution in [0.5, 0.6) is 0 Å². The molecule has 0 aromatic rings. The van der Waals surface area contributed by atoms with E-state index in [1.807, 2.05) is 0 Å². The molecule has 0 radical (unpaired) electrons. The smallest absolute Gasteiger partial charge is 0.199 e. The van der Waals surface area contributed by atoms with E-state index >= 15 is 0 Å². The first kappa shape index (κ1) is 11.9. The Morgan fingerprint density at radius 3 is 2.47 bits per heavy atom. The summed E-state index contributed by atoms with van der Waals surface area (Å²) in [6.45, 7) is 1.41. The van der Waals surface area contributed by atoms with Gasteiger partial charge < -0.3 is 0 Å². The molecule has 2 aliphatic carbocycles. The summed E-state index contributed by atoms with van der Waals surface area (Å²) in [4.78, 5) is 0. The van der Waals surface area contributed by atoms with E-state index in [9.17, 15) is 8.42 Å². The van der Waals surface area contributed by atoms with Gasteiger partial charge >= 0.3 is 0 Å². The van der Waals surface area contributed by atoms with Gasteiger partial charge in [-0.15, -0.1) is 0 Å². The molecule has 3 aliphatic rings. The molecule has 0 spiro atoms. The average molecular weight is 258 g/mol. The molecule has 0 bridgehead atoms. The van der Waals surface area contributed by atoms with Gasteiger partial charge in [0.05, 0.1) is 0 Å². The van der Waals surface area contributed by atoms with Gasteiger partial charge in [-0.2, -0.15) is 17.4 Å². The van der Waals surface area contributed by atoms with Crippen LogP contribution in [-0.2, 0) is 10.2 Å². The van der Waals surface area contributed by atoms with Crippen LogP contribution in [0.15, 0.2) is 0 Å². The number of fused-ring (bicyclic) bond motifs is 1. The van der Waals surface area contributed by atoms with Crippen molar-refractivity contribution in [2.45, 2.75) is 51.0 Å². The van der Waals surface area contributed by atoms with Gasteiger partial charge in [-0.25, -0.2) is 0 Å². The monoisotopic (exact) mass is 258 g/mol. The Kier molecular flexibility index (Phi) is 3.17. The van der Waals surface area contributed by atoms with E-state index < -0.39 is 10.2 Å². The predicted molar refractivity (Wildman–Crippen MR) is 66.7 cm³/mol. The molecule has 17 heavy (non-hydrogen) atoms. The molecule has 1 aliphatic heterocycles. The van der Waals surface area contributed by atoms with Crippen molar-refractivity contribution < 1.29 is 8.42 Å². The molecule has 3 rings (SSSR count). The molecule has 5 heteroatoms. The molecule has 2 saturated carbocycles. The van der Waals surface area contributed by atoms with E-state index in [0.717, 1.165) is 25.2 Å². The fraction of sp³-hybridized carbons (Fsp3) is 1.00. The van der Waals surface area contributed by atoms with Gasteiger partial charge in [0.2, 0.25) is 0 Å². The molecule has 98 valence electrons. The standard InChI is InChI=1S/C12H22N2O2S/c15-17(16,14-8-1-2-9-14)13-12-7-6-10-4-3-5-11(10)12/h10-13H,1-9H2/t10-,11-,12-/m0/s1. The molecule has 3 atom stereocenters. The lowest BCUT2D eigenvalue weighted by Crippen LogP contribution is -2.45. The summed E-state index contributed by atoms with van der Waals surface area (Å²) in [5.41, 5.74) is 0. The van der Waals surface area contributed by atoms with Gasteiger partial charge in [-0.1, -0.05) is 12.8 Å². The predicted octanol–water partition coefficient (Wildman–Crippen LogP) is 1.50. The lowest BCUT2D eigenvalue weighted by molar-refractivity contribution is 0.385. The first-order valence-electron chi connectivity index (χ1n) is 6.94. The third-order valence-electron chi connectivity index (χ3n) is 4.79. The van der Waals surface area contributed by atoms with E-state index in [0.29, 0.717) is 19.0 Å². The molecule has 1 N–H and O–H groups in total. The van der Waals surface area contributed by atoms with Crippen molar-refractivity contribution >= 4 is 10.2 Å². The van der Waals surface area contributed by atoms with Gasteiger partial charge in [0, 0.05) is 19.1 Å². The van der Waals surface area contributed by atoms with Crippen molar-refractivity contribution in [3.8, 4) is 0 Å². The maximum absolute atomic E-state index is 12.2. The fourth-order valence-electron chi connectivity index (χ4n) is 3.90. The number of nitrogens with zero attached hydrogens (tertiary/aromatic N) is 1. The summed E-state index contributed by atoms with van der Waals surface area (Å²) in [5.74, 6) is 1.41. The summed E-state index contributed by atoms with van der Waals surface area (Å²) in [6.07, 6.45) is 8.11. The number of rotatable bonds is 3. The molecule has 1 saturated heterocycles. The molecule has 4 nitrogen and oxygen atoms in total. The second kappa shape index (κ2) is 4.52. The summed E-state index contributed by atoms with van der Waals surface area (Å²) >= 11 is 0. The SMILES string of the molecule is O=S(=O)(N[C@H]1CC[C@@H]2CCC[C@@H]21)N1CCCC1. The first-order chi connectivity index (χ1) is 8.17. The van der Waals surface area contributed by atoms with Crippen LogP contribution in [-0.4, -0.2) is 31.9 Å². The van der Waals surface area contributed by atoms with Crippen LogP contribution in [0.1, 0.15) is 44.9 Å². The summed E-state index contributed by atoms with van der Waals surface area (Å²) in [7, 11) is -3.20. The zero-order chi connectivity index (χ0) is 11.9. The largest absolute Gasteiger partial charge is 0.279 e. The highest BCUT2D eigenvalue weighted by Gasteiger charge is 2.41. The van der Waals surface area contributed by atoms with Crippen LogP contribution < -0.4 is 4.72 Å². The zero-order valence-electron chi connectivity index (χ0n) is 10.3. The topological polar surface area (TPSA) is 49.4 Å². The normalized spacial score (nSPS) is 38.7. The summed E-state index contributed by atoms with van der Waals surface area (Å²) in [6, 6.07) is 0.216. The van der Waals surface area contributed by atoms with Crippen molar-refractivity contribution in [1.82, 2.24) is 9.03 Å². The van der Waals surface area contributed by atoms with Crippen molar-refractivity contribution in [3.05, 3.63) is 0 Å². The highest BCUT2D eigenvalue weighted by Crippen LogP contribution is 2.44. The molecular weight excluding hydrogens is 236 g/mol. The second-order valence-electron chi connectivity index (χ2n) is 5.77. The number of hydrogen-bond acceptors (Lipinski definition) is 2. The summed E-state index contributed by atoms with van der Waals surface area (Å²) in [5, 5.41) is 0. The second-order valence-corrected chi connectivity index (χ2v) is 7.47. The van der Waals surface area contributed by atoms with Crippen LogP contribution in [0.4, 0.5) is 0 Å². The maximum atomic E-state index is 12.2. The van der Waals surface area contributed by atoms with Crippen LogP contribution in [0.25, 0.3) is 0 Å². The zero-order valence-corrected chi connectivity index (χ0v) is 11.1. The molecule has 1 heterocycles.